The molecule has 1 aliphatic rings. The number of carbonyl (C=O) groups excluding carboxylic acids is 1. The highest BCUT2D eigenvalue weighted by atomic mass is 16.5. The highest BCUT2D eigenvalue weighted by molar-refractivity contribution is 5.78. The maximum atomic E-state index is 11.9. The average Bonchev–Trinajstić information content (AvgIpc) is 2.87. The molecule has 1 aromatic rings. The average molecular weight is 291 g/mol. The Balaban J connectivity index is 1.82. The first-order chi connectivity index (χ1) is 9.97. The number of aryl methyl sites for hydroxylation is 2. The quantitative estimate of drug-likeness (QED) is 0.870. The summed E-state index contributed by atoms with van der Waals surface area (Å²) >= 11 is 0. The van der Waals surface area contributed by atoms with Crippen molar-refractivity contribution in [2.45, 2.75) is 39.2 Å². The number of benzene rings is 1. The molecule has 0 unspecified atom stereocenters. The summed E-state index contributed by atoms with van der Waals surface area (Å²) in [7, 11) is 0. The smallest absolute Gasteiger partial charge is 0.306 e. The molecule has 5 nitrogen and oxygen atoms in total. The second-order valence-corrected chi connectivity index (χ2v) is 5.62. The Labute approximate surface area is 124 Å². The minimum Gasteiger partial charge on any atom is -0.483 e. The van der Waals surface area contributed by atoms with Gasteiger partial charge < -0.3 is 15.2 Å². The highest BCUT2D eigenvalue weighted by Crippen LogP contribution is 2.26. The van der Waals surface area contributed by atoms with Gasteiger partial charge in [0, 0.05) is 6.04 Å². The van der Waals surface area contributed by atoms with Crippen molar-refractivity contribution >= 4 is 11.9 Å². The molecule has 114 valence electrons. The van der Waals surface area contributed by atoms with E-state index in [9.17, 15) is 9.59 Å². The van der Waals surface area contributed by atoms with E-state index in [2.05, 4.69) is 5.32 Å². The third-order valence-electron chi connectivity index (χ3n) is 3.90. The van der Waals surface area contributed by atoms with Crippen molar-refractivity contribution < 1.29 is 19.4 Å². The Hall–Kier alpha value is -2.04. The molecule has 0 aromatic heterocycles. The second-order valence-electron chi connectivity index (χ2n) is 5.62. The number of nitrogens with one attached hydrogen (secondary N) is 1. The fraction of sp³-hybridized carbons (Fsp3) is 0.500. The summed E-state index contributed by atoms with van der Waals surface area (Å²) < 4.78 is 5.59. The molecule has 0 heterocycles. The number of para-hydroxylation sites is 1. The Kier molecular flexibility index (Phi) is 4.83. The van der Waals surface area contributed by atoms with Crippen LogP contribution in [0.1, 0.15) is 30.4 Å². The summed E-state index contributed by atoms with van der Waals surface area (Å²) in [6, 6.07) is 5.77. The molecule has 21 heavy (non-hydrogen) atoms. The molecule has 1 amide bonds. The predicted octanol–water partition coefficient (Wildman–Crippen LogP) is 2.05. The van der Waals surface area contributed by atoms with E-state index in [0.29, 0.717) is 19.3 Å². The van der Waals surface area contributed by atoms with E-state index < -0.39 is 5.97 Å². The molecule has 1 fully saturated rings. The van der Waals surface area contributed by atoms with Crippen molar-refractivity contribution in [3.8, 4) is 5.75 Å². The molecular formula is C16H21NO4. The van der Waals surface area contributed by atoms with Crippen LogP contribution in [-0.2, 0) is 9.59 Å². The van der Waals surface area contributed by atoms with Crippen LogP contribution in [0.4, 0.5) is 0 Å². The second kappa shape index (κ2) is 6.61. The zero-order chi connectivity index (χ0) is 15.4. The molecule has 1 saturated carbocycles. The van der Waals surface area contributed by atoms with Crippen LogP contribution in [0.2, 0.25) is 0 Å². The summed E-state index contributed by atoms with van der Waals surface area (Å²) in [6.07, 6.45) is 1.84. The molecule has 0 spiro atoms. The maximum Gasteiger partial charge on any atom is 0.306 e. The van der Waals surface area contributed by atoms with E-state index in [4.69, 9.17) is 9.84 Å². The number of ether oxygens (including phenoxy) is 1. The van der Waals surface area contributed by atoms with E-state index >= 15 is 0 Å². The first-order valence-electron chi connectivity index (χ1n) is 7.18. The minimum absolute atomic E-state index is 0.0417. The van der Waals surface area contributed by atoms with Crippen LogP contribution in [-0.4, -0.2) is 29.6 Å². The molecule has 2 rings (SSSR count). The van der Waals surface area contributed by atoms with E-state index in [1.807, 2.05) is 32.0 Å². The number of carboxylic acid groups (broad SMARTS) is 1. The van der Waals surface area contributed by atoms with Crippen molar-refractivity contribution in [3.63, 3.8) is 0 Å². The van der Waals surface area contributed by atoms with Crippen LogP contribution in [0.15, 0.2) is 18.2 Å². The normalized spacial score (nSPS) is 21.0. The van der Waals surface area contributed by atoms with Crippen molar-refractivity contribution in [2.75, 3.05) is 6.61 Å². The Morgan fingerprint density at radius 1 is 1.29 bits per heavy atom. The monoisotopic (exact) mass is 291 g/mol. The first-order valence-corrected chi connectivity index (χ1v) is 7.18. The van der Waals surface area contributed by atoms with Crippen molar-refractivity contribution in [1.82, 2.24) is 5.32 Å². The van der Waals surface area contributed by atoms with Crippen LogP contribution in [0.25, 0.3) is 0 Å². The standard InChI is InChI=1S/C16H21NO4/c1-10-4-3-5-11(2)15(10)21-9-14(18)17-13-7-6-12(8-13)16(19)20/h3-5,12-13H,6-9H2,1-2H3,(H,17,18)(H,19,20)/t12-,13+/m1/s1. The van der Waals surface area contributed by atoms with Gasteiger partial charge in [0.1, 0.15) is 5.75 Å². The molecule has 0 saturated heterocycles. The molecule has 2 N–H and O–H groups in total. The van der Waals surface area contributed by atoms with Crippen LogP contribution in [0.5, 0.6) is 5.75 Å². The summed E-state index contributed by atoms with van der Waals surface area (Å²) in [4.78, 5) is 22.8. The van der Waals surface area contributed by atoms with Gasteiger partial charge in [-0.3, -0.25) is 9.59 Å². The van der Waals surface area contributed by atoms with Crippen LogP contribution >= 0.6 is 0 Å². The molecule has 1 aromatic carbocycles. The van der Waals surface area contributed by atoms with Crippen LogP contribution in [0.3, 0.4) is 0 Å². The third kappa shape index (κ3) is 3.97. The lowest BCUT2D eigenvalue weighted by Gasteiger charge is -2.15. The molecule has 0 bridgehead atoms. The molecule has 1 aliphatic carbocycles. The lowest BCUT2D eigenvalue weighted by molar-refractivity contribution is -0.141. The van der Waals surface area contributed by atoms with Gasteiger partial charge in [-0.25, -0.2) is 0 Å². The van der Waals surface area contributed by atoms with Gasteiger partial charge in [-0.1, -0.05) is 18.2 Å². The van der Waals surface area contributed by atoms with E-state index in [0.717, 1.165) is 16.9 Å². The van der Waals surface area contributed by atoms with Gasteiger partial charge in [0.15, 0.2) is 6.61 Å². The maximum absolute atomic E-state index is 11.9. The van der Waals surface area contributed by atoms with Crippen molar-refractivity contribution in [3.05, 3.63) is 29.3 Å². The molecule has 0 radical (unpaired) electrons. The van der Waals surface area contributed by atoms with Gasteiger partial charge in [-0.05, 0) is 44.2 Å². The van der Waals surface area contributed by atoms with Gasteiger partial charge in [0.25, 0.3) is 5.91 Å². The van der Waals surface area contributed by atoms with Gasteiger partial charge in [0.2, 0.25) is 0 Å². The predicted molar refractivity (Wildman–Crippen MR) is 78.3 cm³/mol. The van der Waals surface area contributed by atoms with Crippen molar-refractivity contribution in [1.29, 1.82) is 0 Å². The number of rotatable bonds is 5. The number of hydrogen-bond acceptors (Lipinski definition) is 3. The Morgan fingerprint density at radius 2 is 1.95 bits per heavy atom. The molecule has 0 aliphatic heterocycles. The van der Waals surface area contributed by atoms with Gasteiger partial charge in [-0.2, -0.15) is 0 Å². The Morgan fingerprint density at radius 3 is 2.52 bits per heavy atom. The molecule has 5 heteroatoms. The number of hydrogen-bond donors (Lipinski definition) is 2. The highest BCUT2D eigenvalue weighted by Gasteiger charge is 2.30. The minimum atomic E-state index is -0.779. The summed E-state index contributed by atoms with van der Waals surface area (Å²) in [5, 5.41) is 11.8. The zero-order valence-electron chi connectivity index (χ0n) is 12.4. The fourth-order valence-corrected chi connectivity index (χ4v) is 2.77. The lowest BCUT2D eigenvalue weighted by Crippen LogP contribution is -2.36. The van der Waals surface area contributed by atoms with Gasteiger partial charge >= 0.3 is 5.97 Å². The number of carbonyl (C=O) groups is 2. The number of amides is 1. The van der Waals surface area contributed by atoms with E-state index in [1.54, 1.807) is 0 Å². The topological polar surface area (TPSA) is 75.6 Å². The van der Waals surface area contributed by atoms with Gasteiger partial charge in [0.05, 0.1) is 5.92 Å². The van der Waals surface area contributed by atoms with Crippen LogP contribution in [0, 0.1) is 19.8 Å². The van der Waals surface area contributed by atoms with E-state index in [-0.39, 0.29) is 24.5 Å². The largest absolute Gasteiger partial charge is 0.483 e. The van der Waals surface area contributed by atoms with Crippen LogP contribution < -0.4 is 10.1 Å². The van der Waals surface area contributed by atoms with E-state index in [1.165, 1.54) is 0 Å². The van der Waals surface area contributed by atoms with Crippen molar-refractivity contribution in [2.24, 2.45) is 5.92 Å². The summed E-state index contributed by atoms with van der Waals surface area (Å²) in [5.41, 5.74) is 1.99. The zero-order valence-corrected chi connectivity index (χ0v) is 12.4. The summed E-state index contributed by atoms with van der Waals surface area (Å²) in [5.74, 6) is -0.579. The third-order valence-corrected chi connectivity index (χ3v) is 3.90. The SMILES string of the molecule is Cc1cccc(C)c1OCC(=O)N[C@H]1CC[C@@H](C(=O)O)C1. The number of aliphatic carboxylic acids is 1. The number of carboxylic acids is 1. The fourth-order valence-electron chi connectivity index (χ4n) is 2.77. The van der Waals surface area contributed by atoms with Gasteiger partial charge in [-0.15, -0.1) is 0 Å². The first kappa shape index (κ1) is 15.4. The molecular weight excluding hydrogens is 270 g/mol. The lowest BCUT2D eigenvalue weighted by atomic mass is 10.1. The summed E-state index contributed by atoms with van der Waals surface area (Å²) in [6.45, 7) is 3.84. The Bertz CT molecular complexity index is 521. The molecule has 2 atom stereocenters.